The predicted octanol–water partition coefficient (Wildman–Crippen LogP) is 4.47. The van der Waals surface area contributed by atoms with Gasteiger partial charge in [0.25, 0.3) is 0 Å². The third-order valence-electron chi connectivity index (χ3n) is 11.2. The number of aliphatic carboxylic acids is 1. The smallest absolute Gasteiger partial charge is 0.306 e. The lowest BCUT2D eigenvalue weighted by molar-refractivity contribution is -0.207. The molecule has 4 N–H and O–H groups in total. The maximum absolute atomic E-state index is 11.6. The van der Waals surface area contributed by atoms with Gasteiger partial charge in [0.05, 0.1) is 24.2 Å². The number of carboxylic acids is 1. The lowest BCUT2D eigenvalue weighted by Crippen LogP contribution is -2.62. The van der Waals surface area contributed by atoms with Crippen molar-refractivity contribution >= 4 is 5.97 Å². The quantitative estimate of drug-likeness (QED) is 0.478. The molecule has 12 atom stereocenters. The van der Waals surface area contributed by atoms with Gasteiger partial charge in [-0.25, -0.2) is 0 Å². The van der Waals surface area contributed by atoms with Crippen molar-refractivity contribution < 1.29 is 25.2 Å². The molecule has 0 aliphatic heterocycles. The van der Waals surface area contributed by atoms with E-state index in [0.717, 1.165) is 57.8 Å². The molecule has 0 aromatic heterocycles. The maximum atomic E-state index is 11.6. The van der Waals surface area contributed by atoms with Gasteiger partial charge >= 0.3 is 5.97 Å². The van der Waals surface area contributed by atoms with Crippen molar-refractivity contribution in [3.8, 4) is 0 Å². The lowest BCUT2D eigenvalue weighted by atomic mass is 9.43. The number of carboxylic acid groups (broad SMARTS) is 1. The molecule has 0 heterocycles. The number of hydrogen-bond donors (Lipinski definition) is 4. The van der Waals surface area contributed by atoms with Crippen molar-refractivity contribution in [1.82, 2.24) is 0 Å². The van der Waals surface area contributed by atoms with E-state index in [4.69, 9.17) is 0 Å². The van der Waals surface area contributed by atoms with Crippen LogP contribution in [0.15, 0.2) is 0 Å². The molecular weight excluding hydrogens is 404 g/mol. The fourth-order valence-corrected chi connectivity index (χ4v) is 9.20. The molecule has 4 aliphatic rings. The minimum atomic E-state index is -0.715. The average molecular weight is 451 g/mol. The van der Waals surface area contributed by atoms with E-state index in [1.807, 2.05) is 0 Å². The molecule has 32 heavy (non-hydrogen) atoms. The molecule has 4 rings (SSSR count). The highest BCUT2D eigenvalue weighted by atomic mass is 16.4. The molecule has 0 aromatic carbocycles. The van der Waals surface area contributed by atoms with Crippen LogP contribution in [-0.2, 0) is 4.79 Å². The molecule has 0 spiro atoms. The molecule has 0 amide bonds. The first-order valence-corrected chi connectivity index (χ1v) is 13.3. The van der Waals surface area contributed by atoms with E-state index in [-0.39, 0.29) is 41.0 Å². The van der Waals surface area contributed by atoms with Gasteiger partial charge in [0.2, 0.25) is 0 Å². The first-order valence-electron chi connectivity index (χ1n) is 13.3. The van der Waals surface area contributed by atoms with E-state index in [0.29, 0.717) is 36.0 Å². The highest BCUT2D eigenvalue weighted by Crippen LogP contribution is 2.68. The molecule has 0 saturated heterocycles. The van der Waals surface area contributed by atoms with Gasteiger partial charge in [-0.2, -0.15) is 0 Å². The Kier molecular flexibility index (Phi) is 6.77. The van der Waals surface area contributed by atoms with Crippen LogP contribution in [0.5, 0.6) is 0 Å². The van der Waals surface area contributed by atoms with E-state index >= 15 is 0 Å². The van der Waals surface area contributed by atoms with Crippen molar-refractivity contribution in [2.45, 2.75) is 110 Å². The molecule has 2 unspecified atom stereocenters. The van der Waals surface area contributed by atoms with E-state index in [1.54, 1.807) is 6.92 Å². The Hall–Kier alpha value is -0.650. The Bertz CT molecular complexity index is 696. The number of rotatable bonds is 6. The van der Waals surface area contributed by atoms with Crippen LogP contribution in [0.4, 0.5) is 0 Å². The summed E-state index contributed by atoms with van der Waals surface area (Å²) in [7, 11) is 0. The first-order chi connectivity index (χ1) is 15.0. The second kappa shape index (κ2) is 8.85. The van der Waals surface area contributed by atoms with Crippen molar-refractivity contribution in [2.24, 2.45) is 52.3 Å². The van der Waals surface area contributed by atoms with E-state index in [9.17, 15) is 25.2 Å². The van der Waals surface area contributed by atoms with Crippen LogP contribution in [0, 0.1) is 52.3 Å². The largest absolute Gasteiger partial charge is 0.481 e. The van der Waals surface area contributed by atoms with Crippen LogP contribution in [0.3, 0.4) is 0 Å². The van der Waals surface area contributed by atoms with E-state index in [1.165, 1.54) is 0 Å². The normalized spacial score (nSPS) is 50.1. The SMILES string of the molecule is CC(CCCC(C)[C@H]1CC[C@H]2[C@@H]3[C@H](O)C[C@@H]4C[C@H](O)CC[C@]4(C)[C@H]3C[C@H](O)[C@]12C)C(=O)O. The second-order valence-electron chi connectivity index (χ2n) is 12.7. The average Bonchev–Trinajstić information content (AvgIpc) is 3.08. The monoisotopic (exact) mass is 450 g/mol. The molecule has 184 valence electrons. The minimum Gasteiger partial charge on any atom is -0.481 e. The van der Waals surface area contributed by atoms with Gasteiger partial charge < -0.3 is 20.4 Å². The summed E-state index contributed by atoms with van der Waals surface area (Å²) in [4.78, 5) is 11.2. The number of aliphatic hydroxyl groups excluding tert-OH is 3. The zero-order valence-corrected chi connectivity index (χ0v) is 20.5. The zero-order chi connectivity index (χ0) is 23.4. The Labute approximate surface area is 194 Å². The lowest BCUT2D eigenvalue weighted by Gasteiger charge is -2.63. The molecule has 4 fully saturated rings. The number of hydrogen-bond acceptors (Lipinski definition) is 4. The molecule has 5 nitrogen and oxygen atoms in total. The molecule has 0 aromatic rings. The molecule has 5 heteroatoms. The first kappa shape index (κ1) is 24.5. The summed E-state index contributed by atoms with van der Waals surface area (Å²) >= 11 is 0. The van der Waals surface area contributed by atoms with Gasteiger partial charge in [-0.05, 0) is 97.7 Å². The topological polar surface area (TPSA) is 98.0 Å². The Balaban J connectivity index is 1.51. The second-order valence-corrected chi connectivity index (χ2v) is 12.7. The molecule has 4 aliphatic carbocycles. The number of carbonyl (C=O) groups is 1. The van der Waals surface area contributed by atoms with Crippen molar-refractivity contribution in [3.63, 3.8) is 0 Å². The van der Waals surface area contributed by atoms with E-state index in [2.05, 4.69) is 20.8 Å². The van der Waals surface area contributed by atoms with Crippen LogP contribution >= 0.6 is 0 Å². The standard InChI is InChI=1S/C27H46O5/c1-15(6-5-7-16(2)25(31)32)19-8-9-20-24-21(14-23(30)27(19,20)4)26(3)11-10-18(28)12-17(26)13-22(24)29/h15-24,28-30H,5-14H2,1-4H3,(H,31,32)/t15?,16?,17-,18+,19+,20-,21-,22+,23-,24-,26-,27+/m0/s1. The van der Waals surface area contributed by atoms with Crippen LogP contribution in [0.1, 0.15) is 91.9 Å². The number of aliphatic hydroxyl groups is 3. The van der Waals surface area contributed by atoms with Crippen LogP contribution < -0.4 is 0 Å². The van der Waals surface area contributed by atoms with Gasteiger partial charge in [-0.3, -0.25) is 4.79 Å². The fraction of sp³-hybridized carbons (Fsp3) is 0.963. The molecule has 4 saturated carbocycles. The molecule has 0 radical (unpaired) electrons. The van der Waals surface area contributed by atoms with Gasteiger partial charge in [-0.15, -0.1) is 0 Å². The number of fused-ring (bicyclic) bond motifs is 5. The molecule has 0 bridgehead atoms. The summed E-state index contributed by atoms with van der Waals surface area (Å²) in [6.07, 6.45) is 8.11. The predicted molar refractivity (Wildman–Crippen MR) is 124 cm³/mol. The van der Waals surface area contributed by atoms with Gasteiger partial charge in [0.15, 0.2) is 0 Å². The summed E-state index contributed by atoms with van der Waals surface area (Å²) in [6, 6.07) is 0. The summed E-state index contributed by atoms with van der Waals surface area (Å²) < 4.78 is 0. The fourth-order valence-electron chi connectivity index (χ4n) is 9.20. The van der Waals surface area contributed by atoms with E-state index < -0.39 is 5.97 Å². The summed E-state index contributed by atoms with van der Waals surface area (Å²) in [6.45, 7) is 8.74. The third kappa shape index (κ3) is 3.84. The zero-order valence-electron chi connectivity index (χ0n) is 20.5. The highest BCUT2D eigenvalue weighted by molar-refractivity contribution is 5.69. The van der Waals surface area contributed by atoms with Crippen LogP contribution in [0.25, 0.3) is 0 Å². The Morgan fingerprint density at radius 1 is 0.969 bits per heavy atom. The van der Waals surface area contributed by atoms with Crippen LogP contribution in [-0.4, -0.2) is 44.7 Å². The summed E-state index contributed by atoms with van der Waals surface area (Å²) in [5.41, 5.74) is -0.0561. The van der Waals surface area contributed by atoms with Crippen molar-refractivity contribution in [1.29, 1.82) is 0 Å². The van der Waals surface area contributed by atoms with Crippen molar-refractivity contribution in [3.05, 3.63) is 0 Å². The minimum absolute atomic E-state index is 0.113. The third-order valence-corrected chi connectivity index (χ3v) is 11.2. The molecular formula is C27H46O5. The van der Waals surface area contributed by atoms with Gasteiger partial charge in [0.1, 0.15) is 0 Å². The maximum Gasteiger partial charge on any atom is 0.306 e. The van der Waals surface area contributed by atoms with Crippen LogP contribution in [0.2, 0.25) is 0 Å². The van der Waals surface area contributed by atoms with Crippen molar-refractivity contribution in [2.75, 3.05) is 0 Å². The Morgan fingerprint density at radius 2 is 1.69 bits per heavy atom. The summed E-state index contributed by atoms with van der Waals surface area (Å²) in [5.74, 6) is 1.16. The van der Waals surface area contributed by atoms with Gasteiger partial charge in [-0.1, -0.05) is 40.5 Å². The Morgan fingerprint density at radius 3 is 2.38 bits per heavy atom. The van der Waals surface area contributed by atoms with Gasteiger partial charge in [0, 0.05) is 0 Å². The highest BCUT2D eigenvalue weighted by Gasteiger charge is 2.65. The summed E-state index contributed by atoms with van der Waals surface area (Å²) in [5, 5.41) is 42.4.